The van der Waals surface area contributed by atoms with E-state index in [2.05, 4.69) is 11.2 Å². The van der Waals surface area contributed by atoms with Gasteiger partial charge in [-0.05, 0) is 12.5 Å². The zero-order valence-electron chi connectivity index (χ0n) is 8.27. The molecule has 0 saturated heterocycles. The van der Waals surface area contributed by atoms with Crippen LogP contribution in [0.3, 0.4) is 0 Å². The molecule has 0 amide bonds. The fourth-order valence-electron chi connectivity index (χ4n) is 1.29. The maximum Gasteiger partial charge on any atom is 0.0925 e. The van der Waals surface area contributed by atoms with Gasteiger partial charge < -0.3 is 5.11 Å². The highest BCUT2D eigenvalue weighted by Crippen LogP contribution is 2.11. The first-order valence-electron chi connectivity index (χ1n) is 4.66. The predicted octanol–water partition coefficient (Wildman–Crippen LogP) is 1.33. The summed E-state index contributed by atoms with van der Waals surface area (Å²) in [5.74, 6) is 2.49. The van der Waals surface area contributed by atoms with Crippen molar-refractivity contribution in [2.45, 2.75) is 19.0 Å². The summed E-state index contributed by atoms with van der Waals surface area (Å²) in [5.41, 5.74) is 1.17. The summed E-state index contributed by atoms with van der Waals surface area (Å²) in [4.78, 5) is 0. The molecule has 2 nitrogen and oxygen atoms in total. The van der Waals surface area contributed by atoms with E-state index in [9.17, 15) is 0 Å². The summed E-state index contributed by atoms with van der Waals surface area (Å²) in [5, 5.41) is 12.1. The van der Waals surface area contributed by atoms with Crippen molar-refractivity contribution in [2.75, 3.05) is 6.61 Å². The Kier molecular flexibility index (Phi) is 4.18. The van der Waals surface area contributed by atoms with Gasteiger partial charge in [-0.1, -0.05) is 36.3 Å². The van der Waals surface area contributed by atoms with Crippen LogP contribution < -0.4 is 5.32 Å². The second-order valence-electron chi connectivity index (χ2n) is 3.20. The Morgan fingerprint density at radius 1 is 1.43 bits per heavy atom. The Labute approximate surface area is 85.0 Å². The predicted molar refractivity (Wildman–Crippen MR) is 57.7 cm³/mol. The minimum Gasteiger partial charge on any atom is -0.394 e. The van der Waals surface area contributed by atoms with Gasteiger partial charge in [0.2, 0.25) is 0 Å². The summed E-state index contributed by atoms with van der Waals surface area (Å²) in [6.45, 7) is 1.99. The molecule has 14 heavy (non-hydrogen) atoms. The monoisotopic (exact) mass is 189 g/mol. The van der Waals surface area contributed by atoms with Crippen LogP contribution in [0.15, 0.2) is 30.3 Å². The van der Waals surface area contributed by atoms with Gasteiger partial charge in [-0.25, -0.2) is 0 Å². The Hall–Kier alpha value is -1.30. The highest BCUT2D eigenvalue weighted by Gasteiger charge is 2.09. The van der Waals surface area contributed by atoms with Gasteiger partial charge in [0.1, 0.15) is 0 Å². The quantitative estimate of drug-likeness (QED) is 0.700. The first-order chi connectivity index (χ1) is 6.77. The molecule has 1 rings (SSSR count). The van der Waals surface area contributed by atoms with E-state index >= 15 is 0 Å². The molecule has 1 aromatic rings. The van der Waals surface area contributed by atoms with E-state index in [1.165, 1.54) is 5.56 Å². The number of aliphatic hydroxyl groups is 1. The second-order valence-corrected chi connectivity index (χ2v) is 3.20. The number of hydrogen-bond acceptors (Lipinski definition) is 2. The van der Waals surface area contributed by atoms with Crippen LogP contribution in [-0.4, -0.2) is 17.8 Å². The topological polar surface area (TPSA) is 32.3 Å². The van der Waals surface area contributed by atoms with Gasteiger partial charge >= 0.3 is 0 Å². The molecule has 0 aliphatic carbocycles. The van der Waals surface area contributed by atoms with E-state index in [1.54, 1.807) is 0 Å². The second kappa shape index (κ2) is 5.43. The van der Waals surface area contributed by atoms with Gasteiger partial charge in [-0.2, -0.15) is 0 Å². The fraction of sp³-hybridized carbons (Fsp3) is 0.333. The number of nitrogens with one attached hydrogen (secondary N) is 1. The third-order valence-electron chi connectivity index (χ3n) is 2.13. The molecule has 0 aliphatic heterocycles. The minimum absolute atomic E-state index is 0.0341. The van der Waals surface area contributed by atoms with E-state index in [4.69, 9.17) is 11.5 Å². The number of rotatable bonds is 4. The van der Waals surface area contributed by atoms with E-state index in [1.807, 2.05) is 37.3 Å². The first-order valence-corrected chi connectivity index (χ1v) is 4.66. The molecule has 2 heteroatoms. The van der Waals surface area contributed by atoms with Gasteiger partial charge in [0.05, 0.1) is 12.6 Å². The number of terminal acetylenes is 1. The largest absolute Gasteiger partial charge is 0.394 e. The lowest BCUT2D eigenvalue weighted by molar-refractivity contribution is 0.260. The molecule has 0 spiro atoms. The van der Waals surface area contributed by atoms with Gasteiger partial charge in [-0.3, -0.25) is 5.32 Å². The number of benzene rings is 1. The SMILES string of the molecule is C#C[C@H](CO)N[C@@H](C)c1ccccc1. The fourth-order valence-corrected chi connectivity index (χ4v) is 1.29. The molecule has 1 aromatic carbocycles. The highest BCUT2D eigenvalue weighted by molar-refractivity contribution is 5.19. The third kappa shape index (κ3) is 2.88. The molecule has 0 fully saturated rings. The van der Waals surface area contributed by atoms with E-state index in [0.717, 1.165) is 0 Å². The number of aliphatic hydroxyl groups excluding tert-OH is 1. The van der Waals surface area contributed by atoms with E-state index in [0.29, 0.717) is 0 Å². The van der Waals surface area contributed by atoms with Crippen LogP contribution >= 0.6 is 0 Å². The van der Waals surface area contributed by atoms with Crippen molar-refractivity contribution in [1.82, 2.24) is 5.32 Å². The lowest BCUT2D eigenvalue weighted by atomic mass is 10.1. The third-order valence-corrected chi connectivity index (χ3v) is 2.13. The van der Waals surface area contributed by atoms with Crippen LogP contribution in [0.5, 0.6) is 0 Å². The highest BCUT2D eigenvalue weighted by atomic mass is 16.3. The zero-order chi connectivity index (χ0) is 10.4. The molecule has 0 heterocycles. The van der Waals surface area contributed by atoms with Crippen molar-refractivity contribution in [3.8, 4) is 12.3 Å². The van der Waals surface area contributed by atoms with Crippen molar-refractivity contribution in [3.05, 3.63) is 35.9 Å². The molecule has 0 aromatic heterocycles. The van der Waals surface area contributed by atoms with Crippen molar-refractivity contribution in [1.29, 1.82) is 0 Å². The van der Waals surface area contributed by atoms with Crippen LogP contribution in [0.25, 0.3) is 0 Å². The van der Waals surface area contributed by atoms with Gasteiger partial charge in [0, 0.05) is 6.04 Å². The van der Waals surface area contributed by atoms with Crippen molar-refractivity contribution in [2.24, 2.45) is 0 Å². The van der Waals surface area contributed by atoms with Gasteiger partial charge in [-0.15, -0.1) is 6.42 Å². The summed E-state index contributed by atoms with van der Waals surface area (Å²) in [7, 11) is 0. The van der Waals surface area contributed by atoms with Crippen LogP contribution in [0, 0.1) is 12.3 Å². The molecule has 0 bridgehead atoms. The molecule has 74 valence electrons. The molecule has 0 saturated carbocycles. The smallest absolute Gasteiger partial charge is 0.0925 e. The normalized spacial score (nSPS) is 14.4. The minimum atomic E-state index is -0.273. The van der Waals surface area contributed by atoms with E-state index < -0.39 is 0 Å². The molecular formula is C12H15NO. The summed E-state index contributed by atoms with van der Waals surface area (Å²) < 4.78 is 0. The summed E-state index contributed by atoms with van der Waals surface area (Å²) >= 11 is 0. The first kappa shape index (κ1) is 10.8. The Balaban J connectivity index is 2.59. The Morgan fingerprint density at radius 3 is 2.57 bits per heavy atom. The lowest BCUT2D eigenvalue weighted by Gasteiger charge is -2.17. The molecule has 0 radical (unpaired) electrons. The molecule has 2 atom stereocenters. The average Bonchev–Trinajstić information content (AvgIpc) is 2.26. The zero-order valence-corrected chi connectivity index (χ0v) is 8.27. The molecule has 0 aliphatic rings. The van der Waals surface area contributed by atoms with Crippen molar-refractivity contribution >= 4 is 0 Å². The van der Waals surface area contributed by atoms with Crippen LogP contribution in [0.2, 0.25) is 0 Å². The van der Waals surface area contributed by atoms with Crippen LogP contribution in [0.1, 0.15) is 18.5 Å². The van der Waals surface area contributed by atoms with Crippen molar-refractivity contribution < 1.29 is 5.11 Å². The number of hydrogen-bond donors (Lipinski definition) is 2. The van der Waals surface area contributed by atoms with Crippen LogP contribution in [0.4, 0.5) is 0 Å². The maximum atomic E-state index is 8.92. The van der Waals surface area contributed by atoms with Crippen LogP contribution in [-0.2, 0) is 0 Å². The van der Waals surface area contributed by atoms with Crippen molar-refractivity contribution in [3.63, 3.8) is 0 Å². The van der Waals surface area contributed by atoms with Gasteiger partial charge in [0.25, 0.3) is 0 Å². The summed E-state index contributed by atoms with van der Waals surface area (Å²) in [6, 6.07) is 9.88. The van der Waals surface area contributed by atoms with E-state index in [-0.39, 0.29) is 18.7 Å². The standard InChI is InChI=1S/C12H15NO/c1-3-12(9-14)13-10(2)11-7-5-4-6-8-11/h1,4-8,10,12-14H,9H2,2H3/t10-,12+/m0/s1. The van der Waals surface area contributed by atoms with Gasteiger partial charge in [0.15, 0.2) is 0 Å². The molecule has 0 unspecified atom stereocenters. The lowest BCUT2D eigenvalue weighted by Crippen LogP contribution is -2.33. The Morgan fingerprint density at radius 2 is 2.07 bits per heavy atom. The Bertz CT molecular complexity index is 302. The molecule has 2 N–H and O–H groups in total. The molecular weight excluding hydrogens is 174 g/mol. The maximum absolute atomic E-state index is 8.92. The average molecular weight is 189 g/mol. The summed E-state index contributed by atoms with van der Waals surface area (Å²) in [6.07, 6.45) is 5.24.